The lowest BCUT2D eigenvalue weighted by molar-refractivity contribution is 0.248. The molecule has 134 valence electrons. The molecule has 1 aromatic carbocycles. The summed E-state index contributed by atoms with van der Waals surface area (Å²) >= 11 is 0. The minimum absolute atomic E-state index is 0.0429. The molecule has 0 radical (unpaired) electrons. The van der Waals surface area contributed by atoms with Crippen molar-refractivity contribution in [3.8, 4) is 0 Å². The van der Waals surface area contributed by atoms with E-state index < -0.39 is 0 Å². The van der Waals surface area contributed by atoms with Gasteiger partial charge in [0.05, 0.1) is 18.3 Å². The Morgan fingerprint density at radius 2 is 1.96 bits per heavy atom. The molecule has 0 aliphatic heterocycles. The van der Waals surface area contributed by atoms with Crippen molar-refractivity contribution < 1.29 is 5.11 Å². The largest absolute Gasteiger partial charge is 0.394 e. The number of benzene rings is 1. The molecule has 0 spiro atoms. The Labute approximate surface area is 149 Å². The highest BCUT2D eigenvalue weighted by atomic mass is 16.3. The molecule has 1 heterocycles. The summed E-state index contributed by atoms with van der Waals surface area (Å²) in [6.07, 6.45) is 2.39. The van der Waals surface area contributed by atoms with Gasteiger partial charge in [-0.25, -0.2) is 4.98 Å². The second-order valence-electron chi connectivity index (χ2n) is 7.23. The van der Waals surface area contributed by atoms with Gasteiger partial charge >= 0.3 is 0 Å². The van der Waals surface area contributed by atoms with Crippen molar-refractivity contribution >= 4 is 11.8 Å². The van der Waals surface area contributed by atoms with Crippen LogP contribution in [0.1, 0.15) is 49.4 Å². The van der Waals surface area contributed by atoms with Gasteiger partial charge in [-0.15, -0.1) is 0 Å². The molecule has 1 aromatic heterocycles. The number of aliphatic hydroxyl groups excluding tert-OH is 1. The zero-order valence-electron chi connectivity index (χ0n) is 15.3. The quantitative estimate of drug-likeness (QED) is 0.683. The maximum Gasteiger partial charge on any atom is 0.225 e. The second kappa shape index (κ2) is 7.83. The Kier molecular flexibility index (Phi) is 5.53. The fourth-order valence-corrected chi connectivity index (χ4v) is 2.79. The van der Waals surface area contributed by atoms with Crippen LogP contribution in [0.4, 0.5) is 11.8 Å². The molecule has 0 unspecified atom stereocenters. The summed E-state index contributed by atoms with van der Waals surface area (Å²) in [5.41, 5.74) is 3.62. The highest BCUT2D eigenvalue weighted by Crippen LogP contribution is 2.40. The molecular formula is C20H28N4O. The molecule has 1 saturated carbocycles. The van der Waals surface area contributed by atoms with Gasteiger partial charge in [0, 0.05) is 18.5 Å². The topological polar surface area (TPSA) is 70.1 Å². The summed E-state index contributed by atoms with van der Waals surface area (Å²) in [5.74, 6) is 2.29. The third-order valence-electron chi connectivity index (χ3n) is 4.78. The van der Waals surface area contributed by atoms with E-state index in [9.17, 15) is 5.11 Å². The van der Waals surface area contributed by atoms with E-state index in [1.165, 1.54) is 24.0 Å². The zero-order chi connectivity index (χ0) is 17.8. The smallest absolute Gasteiger partial charge is 0.225 e. The van der Waals surface area contributed by atoms with E-state index in [4.69, 9.17) is 0 Å². The van der Waals surface area contributed by atoms with Crippen LogP contribution in [-0.4, -0.2) is 27.7 Å². The van der Waals surface area contributed by atoms with Crippen LogP contribution >= 0.6 is 0 Å². The van der Waals surface area contributed by atoms with E-state index in [0.29, 0.717) is 17.8 Å². The minimum atomic E-state index is -0.0429. The Hall–Kier alpha value is -2.14. The molecule has 1 aliphatic carbocycles. The van der Waals surface area contributed by atoms with Gasteiger partial charge in [0.1, 0.15) is 5.82 Å². The molecule has 0 amide bonds. The Morgan fingerprint density at radius 1 is 1.20 bits per heavy atom. The van der Waals surface area contributed by atoms with Gasteiger partial charge in [0.25, 0.3) is 0 Å². The molecule has 2 aromatic rings. The fourth-order valence-electron chi connectivity index (χ4n) is 2.79. The normalized spacial score (nSPS) is 15.2. The minimum Gasteiger partial charge on any atom is -0.394 e. The summed E-state index contributed by atoms with van der Waals surface area (Å²) in [4.78, 5) is 9.28. The van der Waals surface area contributed by atoms with Gasteiger partial charge < -0.3 is 15.7 Å². The predicted octanol–water partition coefficient (Wildman–Crippen LogP) is 3.70. The third-order valence-corrected chi connectivity index (χ3v) is 4.78. The lowest BCUT2D eigenvalue weighted by atomic mass is 10.1. The highest BCUT2D eigenvalue weighted by Gasteiger charge is 2.26. The average molecular weight is 340 g/mol. The predicted molar refractivity (Wildman–Crippen MR) is 102 cm³/mol. The molecule has 3 rings (SSSR count). The summed E-state index contributed by atoms with van der Waals surface area (Å²) in [7, 11) is 0. The van der Waals surface area contributed by atoms with Crippen molar-refractivity contribution in [2.24, 2.45) is 5.92 Å². The lowest BCUT2D eigenvalue weighted by Gasteiger charge is -2.20. The van der Waals surface area contributed by atoms with E-state index in [-0.39, 0.29) is 12.6 Å². The molecular weight excluding hydrogens is 312 g/mol. The van der Waals surface area contributed by atoms with Crippen LogP contribution < -0.4 is 10.6 Å². The maximum atomic E-state index is 9.57. The zero-order valence-corrected chi connectivity index (χ0v) is 15.3. The SMILES string of the molecule is Cc1ccccc1CNc1cc(C2CC2)nc(N[C@H](CO)C(C)C)n1. The van der Waals surface area contributed by atoms with Crippen LogP contribution in [0.15, 0.2) is 30.3 Å². The van der Waals surface area contributed by atoms with Crippen molar-refractivity contribution in [3.05, 3.63) is 47.2 Å². The number of aryl methyl sites for hydroxylation is 1. The number of rotatable bonds is 8. The molecule has 1 fully saturated rings. The number of aromatic nitrogens is 2. The summed E-state index contributed by atoms with van der Waals surface area (Å²) in [5, 5.41) is 16.3. The molecule has 3 N–H and O–H groups in total. The molecule has 5 heteroatoms. The standard InChI is InChI=1S/C20H28N4O/c1-13(2)18(12-25)23-20-22-17(15-8-9-15)10-19(24-20)21-11-16-7-5-4-6-14(16)3/h4-7,10,13,15,18,25H,8-9,11-12H2,1-3H3,(H2,21,22,23,24)/t18-/m1/s1. The Morgan fingerprint density at radius 3 is 2.60 bits per heavy atom. The van der Waals surface area contributed by atoms with Gasteiger partial charge in [-0.2, -0.15) is 4.98 Å². The Balaban J connectivity index is 1.77. The van der Waals surface area contributed by atoms with Crippen molar-refractivity contribution in [2.45, 2.75) is 52.1 Å². The molecule has 5 nitrogen and oxygen atoms in total. The summed E-state index contributed by atoms with van der Waals surface area (Å²) in [6.45, 7) is 7.08. The van der Waals surface area contributed by atoms with Gasteiger partial charge in [-0.3, -0.25) is 0 Å². The van der Waals surface area contributed by atoms with E-state index >= 15 is 0 Å². The molecule has 25 heavy (non-hydrogen) atoms. The first-order valence-electron chi connectivity index (χ1n) is 9.11. The van der Waals surface area contributed by atoms with Crippen LogP contribution in [-0.2, 0) is 6.54 Å². The van der Waals surface area contributed by atoms with Crippen molar-refractivity contribution in [1.29, 1.82) is 0 Å². The number of anilines is 2. The van der Waals surface area contributed by atoms with Crippen molar-refractivity contribution in [1.82, 2.24) is 9.97 Å². The molecule has 1 atom stereocenters. The second-order valence-corrected chi connectivity index (χ2v) is 7.23. The molecule has 0 saturated heterocycles. The summed E-state index contributed by atoms with van der Waals surface area (Å²) < 4.78 is 0. The van der Waals surface area contributed by atoms with Gasteiger partial charge in [-0.05, 0) is 36.8 Å². The average Bonchev–Trinajstić information content (AvgIpc) is 3.43. The van der Waals surface area contributed by atoms with Crippen molar-refractivity contribution in [2.75, 3.05) is 17.2 Å². The van der Waals surface area contributed by atoms with Gasteiger partial charge in [0.2, 0.25) is 5.95 Å². The van der Waals surface area contributed by atoms with Crippen LogP contribution in [0.2, 0.25) is 0 Å². The van der Waals surface area contributed by atoms with Gasteiger partial charge in [-0.1, -0.05) is 38.1 Å². The lowest BCUT2D eigenvalue weighted by Crippen LogP contribution is -2.30. The number of hydrogen-bond donors (Lipinski definition) is 3. The first-order chi connectivity index (χ1) is 12.1. The van der Waals surface area contributed by atoms with Crippen LogP contribution in [0.5, 0.6) is 0 Å². The molecule has 0 bridgehead atoms. The van der Waals surface area contributed by atoms with E-state index in [2.05, 4.69) is 71.7 Å². The molecule has 1 aliphatic rings. The van der Waals surface area contributed by atoms with Crippen LogP contribution in [0.25, 0.3) is 0 Å². The van der Waals surface area contributed by atoms with E-state index in [1.807, 2.05) is 0 Å². The number of nitrogens with zero attached hydrogens (tertiary/aromatic N) is 2. The van der Waals surface area contributed by atoms with Crippen LogP contribution in [0, 0.1) is 12.8 Å². The monoisotopic (exact) mass is 340 g/mol. The summed E-state index contributed by atoms with van der Waals surface area (Å²) in [6, 6.07) is 10.4. The Bertz CT molecular complexity index is 713. The first kappa shape index (κ1) is 17.7. The highest BCUT2D eigenvalue weighted by molar-refractivity contribution is 5.45. The van der Waals surface area contributed by atoms with E-state index in [1.54, 1.807) is 0 Å². The van der Waals surface area contributed by atoms with Crippen LogP contribution in [0.3, 0.4) is 0 Å². The fraction of sp³-hybridized carbons (Fsp3) is 0.500. The van der Waals surface area contributed by atoms with E-state index in [0.717, 1.165) is 18.1 Å². The maximum absolute atomic E-state index is 9.57. The first-order valence-corrected chi connectivity index (χ1v) is 9.11. The third kappa shape index (κ3) is 4.69. The number of hydrogen-bond acceptors (Lipinski definition) is 5. The van der Waals surface area contributed by atoms with Crippen molar-refractivity contribution in [3.63, 3.8) is 0 Å². The van der Waals surface area contributed by atoms with Gasteiger partial charge in [0.15, 0.2) is 0 Å². The number of nitrogens with one attached hydrogen (secondary N) is 2. The number of aliphatic hydroxyl groups is 1.